The molecule has 2 amide bonds. The van der Waals surface area contributed by atoms with E-state index in [1.165, 1.54) is 26.6 Å². The Morgan fingerprint density at radius 2 is 1.67 bits per heavy atom. The van der Waals surface area contributed by atoms with Crippen LogP contribution in [0, 0.1) is 13.8 Å². The van der Waals surface area contributed by atoms with Crippen LogP contribution in [0.3, 0.4) is 0 Å². The van der Waals surface area contributed by atoms with Crippen LogP contribution in [0.4, 0.5) is 11.4 Å². The van der Waals surface area contributed by atoms with Gasteiger partial charge in [-0.25, -0.2) is 4.90 Å². The molecule has 0 aromatic heterocycles. The van der Waals surface area contributed by atoms with Crippen molar-refractivity contribution in [2.45, 2.75) is 26.3 Å². The van der Waals surface area contributed by atoms with Crippen molar-refractivity contribution in [3.63, 3.8) is 0 Å². The molecule has 5 nitrogen and oxygen atoms in total. The lowest BCUT2D eigenvalue weighted by molar-refractivity contribution is -0.915. The van der Waals surface area contributed by atoms with Gasteiger partial charge in [-0.05, 0) is 43.2 Å². The van der Waals surface area contributed by atoms with Gasteiger partial charge in [0.2, 0.25) is 5.91 Å². The van der Waals surface area contributed by atoms with Gasteiger partial charge in [-0.15, -0.1) is 0 Å². The summed E-state index contributed by atoms with van der Waals surface area (Å²) in [6.45, 7) is 7.82. The minimum absolute atomic E-state index is 0.0543. The molecule has 5 heteroatoms. The summed E-state index contributed by atoms with van der Waals surface area (Å²) in [6.07, 6.45) is 0.312. The minimum Gasteiger partial charge on any atom is -0.360 e. The summed E-state index contributed by atoms with van der Waals surface area (Å²) in [7, 11) is 0. The Morgan fingerprint density at radius 1 is 0.963 bits per heavy atom. The maximum atomic E-state index is 12.9. The molecule has 0 aliphatic carbocycles. The monoisotopic (exact) mass is 364 g/mol. The third-order valence-electron chi connectivity index (χ3n) is 5.76. The van der Waals surface area contributed by atoms with E-state index in [-0.39, 0.29) is 17.9 Å². The van der Waals surface area contributed by atoms with E-state index in [2.05, 4.69) is 36.9 Å². The van der Waals surface area contributed by atoms with Crippen molar-refractivity contribution >= 4 is 23.2 Å². The van der Waals surface area contributed by atoms with Crippen LogP contribution in [0.15, 0.2) is 48.5 Å². The topological polar surface area (TPSA) is 45.1 Å². The zero-order chi connectivity index (χ0) is 19.0. The standard InChI is InChI=1S/C22H25N3O2/c1-16-8-9-17(2)19(14-16)23-10-12-24(13-11-23)20-15-21(26)25(22(20)27)18-6-4-3-5-7-18/h3-9,14,20H,10-13,15H2,1-2H3/p+1/t20-/m1/s1. The fraction of sp³-hybridized carbons (Fsp3) is 0.364. The molecule has 4 rings (SSSR count). The number of anilines is 2. The van der Waals surface area contributed by atoms with E-state index in [0.717, 1.165) is 26.2 Å². The number of hydrogen-bond acceptors (Lipinski definition) is 3. The van der Waals surface area contributed by atoms with Crippen molar-refractivity contribution in [3.05, 3.63) is 59.7 Å². The predicted molar refractivity (Wildman–Crippen MR) is 106 cm³/mol. The molecule has 0 unspecified atom stereocenters. The molecule has 27 heavy (non-hydrogen) atoms. The molecule has 1 N–H and O–H groups in total. The summed E-state index contributed by atoms with van der Waals surface area (Å²) in [4.78, 5) is 30.4. The Morgan fingerprint density at radius 3 is 2.37 bits per heavy atom. The number of carbonyl (C=O) groups is 2. The smallest absolute Gasteiger partial charge is 0.292 e. The van der Waals surface area contributed by atoms with Gasteiger partial charge in [-0.2, -0.15) is 0 Å². The van der Waals surface area contributed by atoms with Gasteiger partial charge in [0.1, 0.15) is 0 Å². The second-order valence-corrected chi connectivity index (χ2v) is 7.59. The van der Waals surface area contributed by atoms with Crippen molar-refractivity contribution in [2.24, 2.45) is 0 Å². The van der Waals surface area contributed by atoms with Crippen molar-refractivity contribution < 1.29 is 14.5 Å². The zero-order valence-electron chi connectivity index (χ0n) is 15.9. The van der Waals surface area contributed by atoms with Crippen molar-refractivity contribution in [3.8, 4) is 0 Å². The predicted octanol–water partition coefficient (Wildman–Crippen LogP) is 1.34. The summed E-state index contributed by atoms with van der Waals surface area (Å²) >= 11 is 0. The van der Waals surface area contributed by atoms with Gasteiger partial charge in [-0.1, -0.05) is 30.3 Å². The summed E-state index contributed by atoms with van der Waals surface area (Å²) in [5.41, 5.74) is 4.52. The lowest BCUT2D eigenvalue weighted by atomic mass is 10.1. The Bertz CT molecular complexity index is 857. The molecule has 2 aliphatic heterocycles. The van der Waals surface area contributed by atoms with Crippen LogP contribution in [-0.2, 0) is 9.59 Å². The fourth-order valence-electron chi connectivity index (χ4n) is 4.24. The molecule has 1 atom stereocenters. The molecule has 2 aromatic carbocycles. The van der Waals surface area contributed by atoms with Crippen LogP contribution in [0.2, 0.25) is 0 Å². The van der Waals surface area contributed by atoms with Crippen molar-refractivity contribution in [1.29, 1.82) is 0 Å². The van der Waals surface area contributed by atoms with Gasteiger partial charge in [0.25, 0.3) is 5.91 Å². The molecule has 2 aromatic rings. The number of aryl methyl sites for hydroxylation is 2. The van der Waals surface area contributed by atoms with Crippen LogP contribution in [0.1, 0.15) is 17.5 Å². The molecule has 140 valence electrons. The minimum atomic E-state index is -0.251. The summed E-state index contributed by atoms with van der Waals surface area (Å²) in [5.74, 6) is -0.137. The van der Waals surface area contributed by atoms with E-state index in [1.807, 2.05) is 30.3 Å². The largest absolute Gasteiger partial charge is 0.360 e. The van der Waals surface area contributed by atoms with E-state index in [4.69, 9.17) is 0 Å². The molecule has 2 heterocycles. The highest BCUT2D eigenvalue weighted by Crippen LogP contribution is 2.23. The van der Waals surface area contributed by atoms with Gasteiger partial charge in [0.15, 0.2) is 6.04 Å². The third kappa shape index (κ3) is 3.35. The summed E-state index contributed by atoms with van der Waals surface area (Å²) < 4.78 is 0. The number of hydrogen-bond donors (Lipinski definition) is 1. The van der Waals surface area contributed by atoms with E-state index < -0.39 is 0 Å². The normalized spacial score (nSPS) is 21.2. The Kier molecular flexibility index (Phi) is 4.70. The van der Waals surface area contributed by atoms with Crippen molar-refractivity contribution in [2.75, 3.05) is 36.0 Å². The molecule has 2 aliphatic rings. The number of amides is 2. The number of piperazine rings is 1. The van der Waals surface area contributed by atoms with Crippen LogP contribution in [0.25, 0.3) is 0 Å². The first-order valence-electron chi connectivity index (χ1n) is 9.63. The first-order chi connectivity index (χ1) is 13.0. The lowest BCUT2D eigenvalue weighted by Gasteiger charge is -2.36. The number of quaternary nitrogens is 1. The van der Waals surface area contributed by atoms with Gasteiger partial charge in [0.05, 0.1) is 38.3 Å². The number of nitrogens with one attached hydrogen (secondary N) is 1. The lowest BCUT2D eigenvalue weighted by Crippen LogP contribution is -3.19. The van der Waals surface area contributed by atoms with Crippen LogP contribution >= 0.6 is 0 Å². The molecule has 0 bridgehead atoms. The van der Waals surface area contributed by atoms with E-state index >= 15 is 0 Å². The summed E-state index contributed by atoms with van der Waals surface area (Å²) in [6, 6.07) is 15.6. The molecule has 2 saturated heterocycles. The Labute approximate surface area is 160 Å². The quantitative estimate of drug-likeness (QED) is 0.836. The average molecular weight is 364 g/mol. The first-order valence-corrected chi connectivity index (χ1v) is 9.63. The highest BCUT2D eigenvalue weighted by atomic mass is 16.2. The van der Waals surface area contributed by atoms with Crippen molar-refractivity contribution in [1.82, 2.24) is 0 Å². The maximum Gasteiger partial charge on any atom is 0.292 e. The number of rotatable bonds is 3. The average Bonchev–Trinajstić information content (AvgIpc) is 2.99. The summed E-state index contributed by atoms with van der Waals surface area (Å²) in [5, 5.41) is 0. The van der Waals surface area contributed by atoms with Gasteiger partial charge >= 0.3 is 0 Å². The van der Waals surface area contributed by atoms with Crippen LogP contribution < -0.4 is 14.7 Å². The number of imide groups is 1. The molecular formula is C22H26N3O2+. The van der Waals surface area contributed by atoms with E-state index in [0.29, 0.717) is 12.1 Å². The molecule has 0 saturated carbocycles. The molecule has 2 fully saturated rings. The van der Waals surface area contributed by atoms with Crippen LogP contribution in [-0.4, -0.2) is 44.0 Å². The number of benzene rings is 2. The Hall–Kier alpha value is -2.66. The second-order valence-electron chi connectivity index (χ2n) is 7.59. The molecular weight excluding hydrogens is 338 g/mol. The van der Waals surface area contributed by atoms with E-state index in [1.54, 1.807) is 0 Å². The van der Waals surface area contributed by atoms with E-state index in [9.17, 15) is 9.59 Å². The zero-order valence-corrected chi connectivity index (χ0v) is 15.9. The van der Waals surface area contributed by atoms with Gasteiger partial charge in [0, 0.05) is 5.69 Å². The molecule has 0 spiro atoms. The van der Waals surface area contributed by atoms with Gasteiger partial charge < -0.3 is 9.80 Å². The number of nitrogens with zero attached hydrogens (tertiary/aromatic N) is 2. The third-order valence-corrected chi connectivity index (χ3v) is 5.76. The number of carbonyl (C=O) groups excluding carboxylic acids is 2. The van der Waals surface area contributed by atoms with Gasteiger partial charge in [-0.3, -0.25) is 9.59 Å². The second kappa shape index (κ2) is 7.16. The molecule has 0 radical (unpaired) electrons. The highest BCUT2D eigenvalue weighted by molar-refractivity contribution is 6.21. The maximum absolute atomic E-state index is 12.9. The number of para-hydroxylation sites is 1. The first kappa shape index (κ1) is 17.7. The SMILES string of the molecule is Cc1ccc(C)c(N2CC[NH+]([C@@H]3CC(=O)N(c4ccccc4)C3=O)CC2)c1. The highest BCUT2D eigenvalue weighted by Gasteiger charge is 2.46. The fourth-order valence-corrected chi connectivity index (χ4v) is 4.24. The Balaban J connectivity index is 1.45. The van der Waals surface area contributed by atoms with Crippen LogP contribution in [0.5, 0.6) is 0 Å².